The van der Waals surface area contributed by atoms with Crippen LogP contribution < -0.4 is 19.7 Å². The van der Waals surface area contributed by atoms with Crippen molar-refractivity contribution in [2.45, 2.75) is 11.3 Å². The Morgan fingerprint density at radius 3 is 2.68 bits per heavy atom. The second kappa shape index (κ2) is 9.56. The van der Waals surface area contributed by atoms with E-state index in [1.807, 2.05) is 18.2 Å². The summed E-state index contributed by atoms with van der Waals surface area (Å²) in [7, 11) is -2.03. The molecule has 8 heteroatoms. The van der Waals surface area contributed by atoms with E-state index in [0.717, 1.165) is 52.7 Å². The molecule has 0 saturated carbocycles. The Morgan fingerprint density at radius 2 is 1.90 bits per heavy atom. The number of methoxy groups -OCH3 is 1. The molecular weight excluding hydrogens is 478 g/mol. The summed E-state index contributed by atoms with van der Waals surface area (Å²) in [5.41, 5.74) is 1.92. The topological polar surface area (TPSA) is 70.7 Å². The zero-order valence-electron chi connectivity index (χ0n) is 17.4. The standard InChI is InChI=1S/C23H26BrN3O3S/c1-30-23-8-7-20(16-22(23)27-13-11-25-12-14-27)31(28,29)26-10-9-18-4-2-3-17-5-6-19(24)15-21(17)18/h2-8,15-16,25-26H,9-14H2,1H3. The average Bonchev–Trinajstić information content (AvgIpc) is 2.79. The molecular formula is C23H26BrN3O3S. The quantitative estimate of drug-likeness (QED) is 0.515. The van der Waals surface area contributed by atoms with Gasteiger partial charge in [0.2, 0.25) is 10.0 Å². The zero-order valence-corrected chi connectivity index (χ0v) is 19.8. The maximum absolute atomic E-state index is 13.0. The van der Waals surface area contributed by atoms with Gasteiger partial charge in [-0.25, -0.2) is 13.1 Å². The van der Waals surface area contributed by atoms with E-state index in [-0.39, 0.29) is 4.90 Å². The fraction of sp³-hybridized carbons (Fsp3) is 0.304. The minimum Gasteiger partial charge on any atom is -0.495 e. The average molecular weight is 504 g/mol. The monoisotopic (exact) mass is 503 g/mol. The van der Waals surface area contributed by atoms with Gasteiger partial charge >= 0.3 is 0 Å². The van der Waals surface area contributed by atoms with Crippen LogP contribution in [-0.2, 0) is 16.4 Å². The summed E-state index contributed by atoms with van der Waals surface area (Å²) >= 11 is 3.52. The van der Waals surface area contributed by atoms with Crippen LogP contribution in [0.25, 0.3) is 10.8 Å². The number of fused-ring (bicyclic) bond motifs is 1. The number of hydrogen-bond donors (Lipinski definition) is 2. The van der Waals surface area contributed by atoms with Crippen molar-refractivity contribution in [1.29, 1.82) is 0 Å². The highest BCUT2D eigenvalue weighted by Crippen LogP contribution is 2.31. The van der Waals surface area contributed by atoms with E-state index in [4.69, 9.17) is 4.74 Å². The van der Waals surface area contributed by atoms with Crippen molar-refractivity contribution in [3.8, 4) is 5.75 Å². The molecule has 6 nitrogen and oxygen atoms in total. The Bertz CT molecular complexity index is 1180. The molecule has 164 valence electrons. The Morgan fingerprint density at radius 1 is 1.10 bits per heavy atom. The van der Waals surface area contributed by atoms with Gasteiger partial charge in [0.25, 0.3) is 0 Å². The van der Waals surface area contributed by atoms with Crippen LogP contribution in [0.3, 0.4) is 0 Å². The minimum atomic E-state index is -3.64. The van der Waals surface area contributed by atoms with Crippen LogP contribution in [0.5, 0.6) is 5.75 Å². The first kappa shape index (κ1) is 22.1. The van der Waals surface area contributed by atoms with Crippen LogP contribution in [-0.4, -0.2) is 48.3 Å². The first-order valence-electron chi connectivity index (χ1n) is 10.3. The van der Waals surface area contributed by atoms with Crippen LogP contribution >= 0.6 is 15.9 Å². The normalized spacial score (nSPS) is 14.7. The second-order valence-electron chi connectivity index (χ2n) is 7.50. The number of nitrogens with zero attached hydrogens (tertiary/aromatic N) is 1. The summed E-state index contributed by atoms with van der Waals surface area (Å²) in [6, 6.07) is 17.3. The van der Waals surface area contributed by atoms with E-state index in [0.29, 0.717) is 18.7 Å². The highest BCUT2D eigenvalue weighted by molar-refractivity contribution is 9.10. The van der Waals surface area contributed by atoms with Crippen molar-refractivity contribution in [1.82, 2.24) is 10.0 Å². The summed E-state index contributed by atoms with van der Waals surface area (Å²) in [6.45, 7) is 3.66. The smallest absolute Gasteiger partial charge is 0.240 e. The molecule has 1 aliphatic heterocycles. The minimum absolute atomic E-state index is 0.252. The molecule has 1 heterocycles. The number of piperazine rings is 1. The molecule has 1 aliphatic rings. The molecule has 0 amide bonds. The van der Waals surface area contributed by atoms with Gasteiger partial charge in [0.1, 0.15) is 5.75 Å². The molecule has 0 bridgehead atoms. The first-order chi connectivity index (χ1) is 15.0. The van der Waals surface area contributed by atoms with Crippen LogP contribution in [0.15, 0.2) is 64.0 Å². The lowest BCUT2D eigenvalue weighted by atomic mass is 10.0. The van der Waals surface area contributed by atoms with Crippen LogP contribution in [0, 0.1) is 0 Å². The summed E-state index contributed by atoms with van der Waals surface area (Å²) in [5, 5.41) is 5.58. The van der Waals surface area contributed by atoms with E-state index in [2.05, 4.69) is 49.1 Å². The van der Waals surface area contributed by atoms with Crippen LogP contribution in [0.4, 0.5) is 5.69 Å². The summed E-state index contributed by atoms with van der Waals surface area (Å²) < 4.78 is 35.2. The molecule has 3 aromatic carbocycles. The van der Waals surface area contributed by atoms with Crippen molar-refractivity contribution < 1.29 is 13.2 Å². The van der Waals surface area contributed by atoms with Crippen LogP contribution in [0.2, 0.25) is 0 Å². The Hall–Kier alpha value is -2.13. The van der Waals surface area contributed by atoms with Gasteiger partial charge in [-0.1, -0.05) is 40.2 Å². The Kier molecular flexibility index (Phi) is 6.81. The van der Waals surface area contributed by atoms with Gasteiger partial charge in [-0.05, 0) is 53.1 Å². The molecule has 0 atom stereocenters. The largest absolute Gasteiger partial charge is 0.495 e. The van der Waals surface area contributed by atoms with Gasteiger partial charge in [-0.3, -0.25) is 0 Å². The molecule has 0 unspecified atom stereocenters. The molecule has 0 aliphatic carbocycles. The zero-order chi connectivity index (χ0) is 21.8. The van der Waals surface area contributed by atoms with Gasteiger partial charge in [0.05, 0.1) is 17.7 Å². The van der Waals surface area contributed by atoms with E-state index >= 15 is 0 Å². The number of ether oxygens (including phenoxy) is 1. The van der Waals surface area contributed by atoms with Crippen molar-refractivity contribution in [3.05, 3.63) is 64.6 Å². The SMILES string of the molecule is COc1ccc(S(=O)(=O)NCCc2cccc3ccc(Br)cc23)cc1N1CCNCC1. The third-order valence-corrected chi connectivity index (χ3v) is 7.49. The Labute approximate surface area is 191 Å². The molecule has 31 heavy (non-hydrogen) atoms. The predicted molar refractivity (Wildman–Crippen MR) is 129 cm³/mol. The number of rotatable bonds is 7. The summed E-state index contributed by atoms with van der Waals surface area (Å²) in [6.07, 6.45) is 0.605. The maximum Gasteiger partial charge on any atom is 0.240 e. The van der Waals surface area contributed by atoms with Gasteiger partial charge in [0, 0.05) is 37.2 Å². The van der Waals surface area contributed by atoms with E-state index < -0.39 is 10.0 Å². The number of benzene rings is 3. The van der Waals surface area contributed by atoms with E-state index in [9.17, 15) is 8.42 Å². The third kappa shape index (κ3) is 5.03. The predicted octanol–water partition coefficient (Wildman–Crippen LogP) is 3.54. The highest BCUT2D eigenvalue weighted by Gasteiger charge is 2.20. The lowest BCUT2D eigenvalue weighted by Gasteiger charge is -2.30. The second-order valence-corrected chi connectivity index (χ2v) is 10.2. The van der Waals surface area contributed by atoms with E-state index in [1.54, 1.807) is 25.3 Å². The molecule has 0 radical (unpaired) electrons. The molecule has 1 fully saturated rings. The first-order valence-corrected chi connectivity index (χ1v) is 12.6. The third-order valence-electron chi connectivity index (χ3n) is 5.54. The Balaban J connectivity index is 1.51. The van der Waals surface area contributed by atoms with Gasteiger partial charge < -0.3 is 15.0 Å². The van der Waals surface area contributed by atoms with Crippen molar-refractivity contribution in [2.24, 2.45) is 0 Å². The molecule has 1 saturated heterocycles. The molecule has 0 aromatic heterocycles. The molecule has 3 aromatic rings. The number of halogens is 1. The summed E-state index contributed by atoms with van der Waals surface area (Å²) in [5.74, 6) is 0.683. The van der Waals surface area contributed by atoms with Gasteiger partial charge in [-0.15, -0.1) is 0 Å². The number of hydrogen-bond acceptors (Lipinski definition) is 5. The fourth-order valence-electron chi connectivity index (χ4n) is 3.92. The van der Waals surface area contributed by atoms with Crippen molar-refractivity contribution >= 4 is 42.4 Å². The molecule has 0 spiro atoms. The van der Waals surface area contributed by atoms with E-state index in [1.165, 1.54) is 0 Å². The molecule has 2 N–H and O–H groups in total. The lowest BCUT2D eigenvalue weighted by molar-refractivity contribution is 0.412. The highest BCUT2D eigenvalue weighted by atomic mass is 79.9. The van der Waals surface area contributed by atoms with Crippen molar-refractivity contribution in [2.75, 3.05) is 44.7 Å². The van der Waals surface area contributed by atoms with Gasteiger partial charge in [0.15, 0.2) is 0 Å². The maximum atomic E-state index is 13.0. The molecule has 4 rings (SSSR count). The van der Waals surface area contributed by atoms with Gasteiger partial charge in [-0.2, -0.15) is 0 Å². The number of nitrogens with one attached hydrogen (secondary N) is 2. The number of anilines is 1. The summed E-state index contributed by atoms with van der Waals surface area (Å²) in [4.78, 5) is 2.41. The lowest BCUT2D eigenvalue weighted by Crippen LogP contribution is -2.43. The van der Waals surface area contributed by atoms with Crippen LogP contribution in [0.1, 0.15) is 5.56 Å². The van der Waals surface area contributed by atoms with Crippen molar-refractivity contribution in [3.63, 3.8) is 0 Å². The fourth-order valence-corrected chi connectivity index (χ4v) is 5.33. The number of sulfonamides is 1.